The molecule has 104 valence electrons. The number of carbonyl (C=O) groups is 1. The van der Waals surface area contributed by atoms with Gasteiger partial charge in [0.2, 0.25) is 0 Å². The minimum absolute atomic E-state index is 0.215. The van der Waals surface area contributed by atoms with Crippen molar-refractivity contribution in [1.82, 2.24) is 0 Å². The lowest BCUT2D eigenvalue weighted by atomic mass is 10.1. The standard InChI is InChI=1S/C14H13FN2O3/c1-20-9-3-4-12(16)10(7-9)14(19)17-8-2-5-13(18)11(15)6-8/h2-7,18H,16H2,1H3,(H,17,19). The summed E-state index contributed by atoms with van der Waals surface area (Å²) in [6.07, 6.45) is 0. The Morgan fingerprint density at radius 3 is 2.70 bits per heavy atom. The number of ether oxygens (including phenoxy) is 1. The topological polar surface area (TPSA) is 84.6 Å². The van der Waals surface area contributed by atoms with Crippen LogP contribution in [0.15, 0.2) is 36.4 Å². The Morgan fingerprint density at radius 2 is 2.05 bits per heavy atom. The fraction of sp³-hybridized carbons (Fsp3) is 0.0714. The first-order valence-electron chi connectivity index (χ1n) is 5.74. The number of aromatic hydroxyl groups is 1. The molecule has 0 atom stereocenters. The quantitative estimate of drug-likeness (QED) is 0.593. The monoisotopic (exact) mass is 276 g/mol. The van der Waals surface area contributed by atoms with Gasteiger partial charge >= 0.3 is 0 Å². The van der Waals surface area contributed by atoms with Gasteiger partial charge in [-0.05, 0) is 30.3 Å². The molecule has 2 aromatic rings. The highest BCUT2D eigenvalue weighted by Gasteiger charge is 2.12. The smallest absolute Gasteiger partial charge is 0.257 e. The molecule has 2 rings (SSSR count). The van der Waals surface area contributed by atoms with E-state index in [4.69, 9.17) is 15.6 Å². The molecule has 0 aliphatic heterocycles. The Hall–Kier alpha value is -2.76. The Bertz CT molecular complexity index is 659. The van der Waals surface area contributed by atoms with E-state index in [1.165, 1.54) is 19.2 Å². The van der Waals surface area contributed by atoms with Crippen molar-refractivity contribution in [1.29, 1.82) is 0 Å². The van der Waals surface area contributed by atoms with Gasteiger partial charge in [0.15, 0.2) is 11.6 Å². The Labute approximate surface area is 114 Å². The Morgan fingerprint density at radius 1 is 1.30 bits per heavy atom. The molecule has 0 saturated carbocycles. The number of benzene rings is 2. The van der Waals surface area contributed by atoms with Crippen molar-refractivity contribution >= 4 is 17.3 Å². The molecule has 4 N–H and O–H groups in total. The average Bonchev–Trinajstić information content (AvgIpc) is 2.43. The Balaban J connectivity index is 2.25. The number of halogens is 1. The molecule has 0 aromatic heterocycles. The molecular formula is C14H13FN2O3. The van der Waals surface area contributed by atoms with Gasteiger partial charge < -0.3 is 20.9 Å². The average molecular weight is 276 g/mol. The first kappa shape index (κ1) is 13.7. The normalized spacial score (nSPS) is 10.1. The SMILES string of the molecule is COc1ccc(N)c(C(=O)Nc2ccc(O)c(F)c2)c1. The van der Waals surface area contributed by atoms with E-state index in [0.717, 1.165) is 12.1 Å². The third-order valence-electron chi connectivity index (χ3n) is 2.71. The summed E-state index contributed by atoms with van der Waals surface area (Å²) < 4.78 is 18.2. The van der Waals surface area contributed by atoms with Crippen LogP contribution < -0.4 is 15.8 Å². The van der Waals surface area contributed by atoms with Crippen LogP contribution in [0.2, 0.25) is 0 Å². The molecule has 0 heterocycles. The Kier molecular flexibility index (Phi) is 3.74. The summed E-state index contributed by atoms with van der Waals surface area (Å²) in [7, 11) is 1.47. The van der Waals surface area contributed by atoms with E-state index in [9.17, 15) is 9.18 Å². The van der Waals surface area contributed by atoms with Crippen LogP contribution in [0.25, 0.3) is 0 Å². The maximum atomic E-state index is 13.2. The van der Waals surface area contributed by atoms with Crippen LogP contribution in [-0.2, 0) is 0 Å². The second kappa shape index (κ2) is 5.48. The van der Waals surface area contributed by atoms with Gasteiger partial charge in [0.05, 0.1) is 12.7 Å². The zero-order valence-corrected chi connectivity index (χ0v) is 10.7. The first-order chi connectivity index (χ1) is 9.51. The van der Waals surface area contributed by atoms with Crippen molar-refractivity contribution < 1.29 is 19.0 Å². The van der Waals surface area contributed by atoms with Crippen molar-refractivity contribution in [2.24, 2.45) is 0 Å². The van der Waals surface area contributed by atoms with Crippen LogP contribution >= 0.6 is 0 Å². The number of amides is 1. The van der Waals surface area contributed by atoms with E-state index >= 15 is 0 Å². The number of hydrogen-bond donors (Lipinski definition) is 3. The van der Waals surface area contributed by atoms with E-state index in [1.54, 1.807) is 12.1 Å². The number of nitrogens with one attached hydrogen (secondary N) is 1. The number of hydrogen-bond acceptors (Lipinski definition) is 4. The first-order valence-corrected chi connectivity index (χ1v) is 5.74. The lowest BCUT2D eigenvalue weighted by molar-refractivity contribution is 0.102. The van der Waals surface area contributed by atoms with Crippen LogP contribution in [0, 0.1) is 5.82 Å². The van der Waals surface area contributed by atoms with Crippen LogP contribution in [0.5, 0.6) is 11.5 Å². The van der Waals surface area contributed by atoms with E-state index in [1.807, 2.05) is 0 Å². The minimum atomic E-state index is -0.818. The highest BCUT2D eigenvalue weighted by atomic mass is 19.1. The van der Waals surface area contributed by atoms with Gasteiger partial charge in [-0.1, -0.05) is 0 Å². The summed E-state index contributed by atoms with van der Waals surface area (Å²) in [6.45, 7) is 0. The van der Waals surface area contributed by atoms with Crippen LogP contribution in [0.3, 0.4) is 0 Å². The molecule has 0 aliphatic rings. The molecule has 0 saturated heterocycles. The zero-order valence-electron chi connectivity index (χ0n) is 10.7. The summed E-state index contributed by atoms with van der Waals surface area (Å²) in [5, 5.41) is 11.6. The van der Waals surface area contributed by atoms with Crippen LogP contribution in [0.4, 0.5) is 15.8 Å². The molecule has 0 bridgehead atoms. The van der Waals surface area contributed by atoms with Crippen molar-refractivity contribution in [3.8, 4) is 11.5 Å². The number of carbonyl (C=O) groups excluding carboxylic acids is 1. The molecule has 1 amide bonds. The van der Waals surface area contributed by atoms with Gasteiger partial charge in [0.1, 0.15) is 5.75 Å². The van der Waals surface area contributed by atoms with E-state index < -0.39 is 17.5 Å². The van der Waals surface area contributed by atoms with Crippen molar-refractivity contribution in [3.63, 3.8) is 0 Å². The lowest BCUT2D eigenvalue weighted by Crippen LogP contribution is -2.14. The van der Waals surface area contributed by atoms with Gasteiger partial charge in [0, 0.05) is 17.4 Å². The number of rotatable bonds is 3. The summed E-state index contributed by atoms with van der Waals surface area (Å²) in [4.78, 5) is 12.1. The van der Waals surface area contributed by atoms with Crippen molar-refractivity contribution in [2.75, 3.05) is 18.2 Å². The molecule has 0 spiro atoms. The summed E-state index contributed by atoms with van der Waals surface area (Å²) in [6, 6.07) is 8.22. The number of nitrogens with two attached hydrogens (primary N) is 1. The molecule has 6 heteroatoms. The number of nitrogen functional groups attached to an aromatic ring is 1. The van der Waals surface area contributed by atoms with Crippen molar-refractivity contribution in [2.45, 2.75) is 0 Å². The highest BCUT2D eigenvalue weighted by molar-refractivity contribution is 6.08. The largest absolute Gasteiger partial charge is 0.505 e. The molecule has 0 radical (unpaired) electrons. The minimum Gasteiger partial charge on any atom is -0.505 e. The van der Waals surface area contributed by atoms with Gasteiger partial charge in [-0.15, -0.1) is 0 Å². The summed E-state index contributed by atoms with van der Waals surface area (Å²) in [5.41, 5.74) is 6.44. The number of anilines is 2. The second-order valence-electron chi connectivity index (χ2n) is 4.07. The van der Waals surface area contributed by atoms with Gasteiger partial charge in [-0.3, -0.25) is 4.79 Å². The molecule has 2 aromatic carbocycles. The maximum Gasteiger partial charge on any atom is 0.257 e. The van der Waals surface area contributed by atoms with Crippen LogP contribution in [0.1, 0.15) is 10.4 Å². The number of methoxy groups -OCH3 is 1. The predicted octanol–water partition coefficient (Wildman–Crippen LogP) is 2.37. The number of phenols is 1. The summed E-state index contributed by atoms with van der Waals surface area (Å²) >= 11 is 0. The molecular weight excluding hydrogens is 263 g/mol. The molecule has 0 unspecified atom stereocenters. The highest BCUT2D eigenvalue weighted by Crippen LogP contribution is 2.23. The zero-order chi connectivity index (χ0) is 14.7. The summed E-state index contributed by atoms with van der Waals surface area (Å²) in [5.74, 6) is -1.31. The lowest BCUT2D eigenvalue weighted by Gasteiger charge is -2.09. The van der Waals surface area contributed by atoms with Gasteiger partial charge in [0.25, 0.3) is 5.91 Å². The van der Waals surface area contributed by atoms with Gasteiger partial charge in [-0.25, -0.2) is 4.39 Å². The molecule has 5 nitrogen and oxygen atoms in total. The van der Waals surface area contributed by atoms with E-state index in [0.29, 0.717) is 5.75 Å². The van der Waals surface area contributed by atoms with Crippen LogP contribution in [-0.4, -0.2) is 18.1 Å². The fourth-order valence-electron chi connectivity index (χ4n) is 1.64. The van der Waals surface area contributed by atoms with Crippen molar-refractivity contribution in [3.05, 3.63) is 47.8 Å². The predicted molar refractivity (Wildman–Crippen MR) is 73.4 cm³/mol. The molecule has 20 heavy (non-hydrogen) atoms. The van der Waals surface area contributed by atoms with Gasteiger partial charge in [-0.2, -0.15) is 0 Å². The fourth-order valence-corrected chi connectivity index (χ4v) is 1.64. The third kappa shape index (κ3) is 2.80. The van der Waals surface area contributed by atoms with E-state index in [2.05, 4.69) is 5.32 Å². The number of phenolic OH excluding ortho intramolecular Hbond substituents is 1. The maximum absolute atomic E-state index is 13.2. The molecule has 0 aliphatic carbocycles. The second-order valence-corrected chi connectivity index (χ2v) is 4.07. The molecule has 0 fully saturated rings. The van der Waals surface area contributed by atoms with E-state index in [-0.39, 0.29) is 16.9 Å². The third-order valence-corrected chi connectivity index (χ3v) is 2.71.